The van der Waals surface area contributed by atoms with E-state index in [1.54, 1.807) is 7.11 Å². The van der Waals surface area contributed by atoms with Crippen LogP contribution < -0.4 is 9.64 Å². The summed E-state index contributed by atoms with van der Waals surface area (Å²) in [4.78, 5) is 17.1. The van der Waals surface area contributed by atoms with E-state index in [1.165, 1.54) is 5.69 Å². The molecule has 0 N–H and O–H groups in total. The minimum atomic E-state index is 0.163. The lowest BCUT2D eigenvalue weighted by atomic mass is 10.1. The molecule has 0 unspecified atom stereocenters. The zero-order valence-electron chi connectivity index (χ0n) is 17.8. The van der Waals surface area contributed by atoms with Gasteiger partial charge in [-0.1, -0.05) is 30.3 Å². The van der Waals surface area contributed by atoms with Gasteiger partial charge in [-0.25, -0.2) is 4.68 Å². The van der Waals surface area contributed by atoms with Gasteiger partial charge in [-0.05, 0) is 43.7 Å². The highest BCUT2D eigenvalue weighted by molar-refractivity contribution is 5.79. The van der Waals surface area contributed by atoms with Crippen LogP contribution in [0.15, 0.2) is 54.6 Å². The van der Waals surface area contributed by atoms with Crippen molar-refractivity contribution in [3.05, 3.63) is 71.5 Å². The Morgan fingerprint density at radius 1 is 1.00 bits per heavy atom. The average molecular weight is 405 g/mol. The van der Waals surface area contributed by atoms with Gasteiger partial charge in [-0.15, -0.1) is 0 Å². The summed E-state index contributed by atoms with van der Waals surface area (Å²) in [6, 6.07) is 17.9. The van der Waals surface area contributed by atoms with E-state index in [1.807, 2.05) is 52.0 Å². The van der Waals surface area contributed by atoms with Crippen molar-refractivity contribution in [1.29, 1.82) is 0 Å². The highest BCUT2D eigenvalue weighted by atomic mass is 16.5. The fourth-order valence-corrected chi connectivity index (χ4v) is 4.16. The number of benzene rings is 2. The number of hydrogen-bond acceptors (Lipinski definition) is 4. The van der Waals surface area contributed by atoms with Gasteiger partial charge >= 0.3 is 0 Å². The molecule has 0 aliphatic carbocycles. The predicted molar refractivity (Wildman–Crippen MR) is 119 cm³/mol. The molecule has 1 aromatic heterocycles. The Morgan fingerprint density at radius 3 is 2.43 bits per heavy atom. The van der Waals surface area contributed by atoms with Crippen molar-refractivity contribution in [2.75, 3.05) is 38.2 Å². The first-order valence-corrected chi connectivity index (χ1v) is 10.3. The molecule has 6 nitrogen and oxygen atoms in total. The van der Waals surface area contributed by atoms with Gasteiger partial charge in [-0.2, -0.15) is 5.10 Å². The van der Waals surface area contributed by atoms with E-state index in [-0.39, 0.29) is 5.91 Å². The normalized spacial score (nSPS) is 14.1. The van der Waals surface area contributed by atoms with E-state index in [0.717, 1.165) is 54.6 Å². The molecule has 0 saturated carbocycles. The van der Waals surface area contributed by atoms with Gasteiger partial charge in [-0.3, -0.25) is 4.79 Å². The molecule has 0 atom stereocenters. The van der Waals surface area contributed by atoms with E-state index >= 15 is 0 Å². The van der Waals surface area contributed by atoms with Crippen LogP contribution in [0, 0.1) is 13.8 Å². The summed E-state index contributed by atoms with van der Waals surface area (Å²) in [5, 5.41) is 4.76. The van der Waals surface area contributed by atoms with Crippen LogP contribution in [0.4, 0.5) is 5.69 Å². The van der Waals surface area contributed by atoms with Crippen molar-refractivity contribution in [3.8, 4) is 11.4 Å². The third-order valence-corrected chi connectivity index (χ3v) is 5.69. The van der Waals surface area contributed by atoms with Gasteiger partial charge in [0.05, 0.1) is 36.3 Å². The lowest BCUT2D eigenvalue weighted by molar-refractivity contribution is -0.130. The fourth-order valence-electron chi connectivity index (χ4n) is 4.16. The molecule has 1 amide bonds. The van der Waals surface area contributed by atoms with E-state index < -0.39 is 0 Å². The minimum Gasteiger partial charge on any atom is -0.497 e. The smallest absolute Gasteiger partial charge is 0.227 e. The number of methoxy groups -OCH3 is 1. The van der Waals surface area contributed by atoms with Crippen LogP contribution in [0.3, 0.4) is 0 Å². The van der Waals surface area contributed by atoms with Crippen molar-refractivity contribution < 1.29 is 9.53 Å². The summed E-state index contributed by atoms with van der Waals surface area (Å²) in [5.41, 5.74) is 5.38. The van der Waals surface area contributed by atoms with Crippen LogP contribution in [0.5, 0.6) is 5.75 Å². The monoisotopic (exact) mass is 404 g/mol. The molecule has 156 valence electrons. The summed E-state index contributed by atoms with van der Waals surface area (Å²) in [6.07, 6.45) is 0.404. The van der Waals surface area contributed by atoms with Crippen LogP contribution in [0.2, 0.25) is 0 Å². The number of amides is 1. The number of aryl methyl sites for hydroxylation is 1. The van der Waals surface area contributed by atoms with Gasteiger partial charge in [0.15, 0.2) is 0 Å². The Hall–Kier alpha value is -3.28. The number of carbonyl (C=O) groups excluding carboxylic acids is 1. The Labute approximate surface area is 177 Å². The maximum Gasteiger partial charge on any atom is 0.227 e. The van der Waals surface area contributed by atoms with E-state index in [0.29, 0.717) is 6.42 Å². The largest absolute Gasteiger partial charge is 0.497 e. The van der Waals surface area contributed by atoms with Crippen LogP contribution in [-0.2, 0) is 11.2 Å². The molecule has 30 heavy (non-hydrogen) atoms. The van der Waals surface area contributed by atoms with Crippen molar-refractivity contribution in [2.45, 2.75) is 20.3 Å². The summed E-state index contributed by atoms with van der Waals surface area (Å²) in [6.45, 7) is 7.24. The summed E-state index contributed by atoms with van der Waals surface area (Å²) >= 11 is 0. The van der Waals surface area contributed by atoms with Crippen LogP contribution in [0.1, 0.15) is 17.0 Å². The summed E-state index contributed by atoms with van der Waals surface area (Å²) in [5.74, 6) is 0.947. The number of carbonyl (C=O) groups is 1. The minimum absolute atomic E-state index is 0.163. The first-order valence-electron chi connectivity index (χ1n) is 10.3. The maximum atomic E-state index is 12.8. The lowest BCUT2D eigenvalue weighted by Gasteiger charge is -2.36. The van der Waals surface area contributed by atoms with Crippen molar-refractivity contribution >= 4 is 11.6 Å². The van der Waals surface area contributed by atoms with Gasteiger partial charge in [0, 0.05) is 26.2 Å². The Kier molecular flexibility index (Phi) is 5.74. The van der Waals surface area contributed by atoms with Gasteiger partial charge < -0.3 is 14.5 Å². The second-order valence-corrected chi connectivity index (χ2v) is 7.66. The molecule has 1 fully saturated rings. The average Bonchev–Trinajstić information content (AvgIpc) is 3.08. The third-order valence-electron chi connectivity index (χ3n) is 5.69. The zero-order chi connectivity index (χ0) is 21.1. The second-order valence-electron chi connectivity index (χ2n) is 7.66. The number of para-hydroxylation sites is 1. The number of piperazine rings is 1. The SMILES string of the molecule is COc1cccc(CC(=O)N2CCN(c3c(C)nn(-c4ccccc4)c3C)CC2)c1. The highest BCUT2D eigenvalue weighted by Gasteiger charge is 2.25. The predicted octanol–water partition coefficient (Wildman–Crippen LogP) is 3.39. The molecular weight excluding hydrogens is 376 g/mol. The van der Waals surface area contributed by atoms with Crippen LogP contribution in [0.25, 0.3) is 5.69 Å². The number of ether oxygens (including phenoxy) is 1. The number of rotatable bonds is 5. The van der Waals surface area contributed by atoms with Crippen LogP contribution >= 0.6 is 0 Å². The lowest BCUT2D eigenvalue weighted by Crippen LogP contribution is -2.49. The van der Waals surface area contributed by atoms with E-state index in [9.17, 15) is 4.79 Å². The molecule has 2 aromatic carbocycles. The van der Waals surface area contributed by atoms with E-state index in [2.05, 4.69) is 30.9 Å². The molecule has 1 saturated heterocycles. The third kappa shape index (κ3) is 4.03. The number of aromatic nitrogens is 2. The quantitative estimate of drug-likeness (QED) is 0.654. The number of anilines is 1. The molecule has 0 spiro atoms. The fraction of sp³-hybridized carbons (Fsp3) is 0.333. The Morgan fingerprint density at radius 2 is 1.73 bits per heavy atom. The summed E-state index contributed by atoms with van der Waals surface area (Å²) < 4.78 is 7.27. The van der Waals surface area contributed by atoms with Crippen molar-refractivity contribution in [2.24, 2.45) is 0 Å². The molecule has 0 bridgehead atoms. The first-order chi connectivity index (χ1) is 14.6. The molecule has 6 heteroatoms. The standard InChI is InChI=1S/C24H28N4O2/c1-18-24(19(2)28(25-18)21-9-5-4-6-10-21)27-14-12-26(13-15-27)23(29)17-20-8-7-11-22(16-20)30-3/h4-11,16H,12-15,17H2,1-3H3. The molecule has 0 radical (unpaired) electrons. The maximum absolute atomic E-state index is 12.8. The molecule has 2 heterocycles. The van der Waals surface area contributed by atoms with Gasteiger partial charge in [0.2, 0.25) is 5.91 Å². The number of hydrogen-bond donors (Lipinski definition) is 0. The second kappa shape index (κ2) is 8.61. The van der Waals surface area contributed by atoms with E-state index in [4.69, 9.17) is 9.84 Å². The van der Waals surface area contributed by atoms with Gasteiger partial charge in [0.1, 0.15) is 5.75 Å². The molecule has 3 aromatic rings. The van der Waals surface area contributed by atoms with Crippen molar-refractivity contribution in [3.63, 3.8) is 0 Å². The Bertz CT molecular complexity index is 1020. The molecular formula is C24H28N4O2. The highest BCUT2D eigenvalue weighted by Crippen LogP contribution is 2.27. The first kappa shape index (κ1) is 20.0. The number of nitrogens with zero attached hydrogens (tertiary/aromatic N) is 4. The summed E-state index contributed by atoms with van der Waals surface area (Å²) in [7, 11) is 1.64. The van der Waals surface area contributed by atoms with Crippen LogP contribution in [-0.4, -0.2) is 53.9 Å². The Balaban J connectivity index is 1.42. The zero-order valence-corrected chi connectivity index (χ0v) is 17.8. The van der Waals surface area contributed by atoms with Gasteiger partial charge in [0.25, 0.3) is 0 Å². The molecule has 4 rings (SSSR count). The van der Waals surface area contributed by atoms with Crippen molar-refractivity contribution in [1.82, 2.24) is 14.7 Å². The topological polar surface area (TPSA) is 50.6 Å². The molecule has 1 aliphatic rings. The molecule has 1 aliphatic heterocycles.